The molecular formula is C22H16F3N3O2S2. The molecule has 1 aromatic heterocycles. The number of alkyl halides is 3. The Kier molecular flexibility index (Phi) is 5.74. The zero-order valence-electron chi connectivity index (χ0n) is 16.6. The van der Waals surface area contributed by atoms with E-state index in [1.54, 1.807) is 12.3 Å². The van der Waals surface area contributed by atoms with Crippen LogP contribution in [0.2, 0.25) is 0 Å². The number of halogens is 3. The fraction of sp³-hybridized carbons (Fsp3) is 0.136. The third kappa shape index (κ3) is 4.11. The van der Waals surface area contributed by atoms with Gasteiger partial charge in [0.05, 0.1) is 21.8 Å². The monoisotopic (exact) mass is 475 g/mol. The molecule has 2 heterocycles. The molecule has 1 aliphatic rings. The number of anilines is 1. The zero-order chi connectivity index (χ0) is 23.0. The third-order valence-corrected chi connectivity index (χ3v) is 6.28. The van der Waals surface area contributed by atoms with E-state index in [9.17, 15) is 23.1 Å². The van der Waals surface area contributed by atoms with Gasteiger partial charge >= 0.3 is 6.18 Å². The van der Waals surface area contributed by atoms with E-state index in [0.29, 0.717) is 4.88 Å². The van der Waals surface area contributed by atoms with Crippen molar-refractivity contribution in [3.63, 3.8) is 0 Å². The number of thiazole rings is 1. The molecule has 2 N–H and O–H groups in total. The van der Waals surface area contributed by atoms with E-state index in [4.69, 9.17) is 12.2 Å². The number of aliphatic imine (C=N–C) groups is 1. The minimum atomic E-state index is -4.62. The molecule has 0 radical (unpaired) electrons. The van der Waals surface area contributed by atoms with Crippen molar-refractivity contribution in [2.24, 2.45) is 4.99 Å². The van der Waals surface area contributed by atoms with Crippen LogP contribution in [0.4, 0.5) is 24.5 Å². The van der Waals surface area contributed by atoms with Crippen LogP contribution >= 0.6 is 23.6 Å². The van der Waals surface area contributed by atoms with E-state index < -0.39 is 23.7 Å². The van der Waals surface area contributed by atoms with Crippen LogP contribution in [0.25, 0.3) is 11.6 Å². The first-order valence-electron chi connectivity index (χ1n) is 9.43. The Bertz CT molecular complexity index is 1320. The van der Waals surface area contributed by atoms with E-state index in [-0.39, 0.29) is 15.5 Å². The summed E-state index contributed by atoms with van der Waals surface area (Å²) in [5, 5.41) is 13.0. The molecule has 10 heteroatoms. The van der Waals surface area contributed by atoms with Crippen LogP contribution in [0, 0.1) is 3.95 Å². The summed E-state index contributed by atoms with van der Waals surface area (Å²) in [5.41, 5.74) is 1.16. The Balaban J connectivity index is 1.63. The molecule has 5 nitrogen and oxygen atoms in total. The van der Waals surface area contributed by atoms with Gasteiger partial charge in [0.1, 0.15) is 6.04 Å². The molecular weight excluding hydrogens is 459 g/mol. The summed E-state index contributed by atoms with van der Waals surface area (Å²) >= 11 is 6.41. The lowest BCUT2D eigenvalue weighted by atomic mass is 10.1. The van der Waals surface area contributed by atoms with Gasteiger partial charge in [-0.1, -0.05) is 30.3 Å². The summed E-state index contributed by atoms with van der Waals surface area (Å²) in [6.45, 7) is 1.46. The molecule has 1 amide bonds. The second kappa shape index (κ2) is 8.36. The quantitative estimate of drug-likeness (QED) is 0.426. The second-order valence-corrected chi connectivity index (χ2v) is 8.69. The minimum Gasteiger partial charge on any atom is -0.493 e. The fourth-order valence-electron chi connectivity index (χ4n) is 3.32. The second-order valence-electron chi connectivity index (χ2n) is 7.01. The zero-order valence-corrected chi connectivity index (χ0v) is 18.2. The predicted octanol–water partition coefficient (Wildman–Crippen LogP) is 6.46. The van der Waals surface area contributed by atoms with Crippen molar-refractivity contribution in [3.8, 4) is 5.88 Å². The maximum absolute atomic E-state index is 13.2. The van der Waals surface area contributed by atoms with Gasteiger partial charge in [-0.2, -0.15) is 13.2 Å². The first-order chi connectivity index (χ1) is 15.2. The van der Waals surface area contributed by atoms with E-state index in [2.05, 4.69) is 10.3 Å². The molecule has 164 valence electrons. The molecule has 32 heavy (non-hydrogen) atoms. The molecule has 1 unspecified atom stereocenters. The van der Waals surface area contributed by atoms with E-state index in [0.717, 1.165) is 34.2 Å². The number of rotatable bonds is 4. The van der Waals surface area contributed by atoms with Crippen LogP contribution in [-0.4, -0.2) is 21.8 Å². The van der Waals surface area contributed by atoms with E-state index >= 15 is 0 Å². The van der Waals surface area contributed by atoms with Gasteiger partial charge in [0, 0.05) is 17.4 Å². The minimum absolute atomic E-state index is 0.212. The van der Waals surface area contributed by atoms with Crippen molar-refractivity contribution in [3.05, 3.63) is 68.5 Å². The van der Waals surface area contributed by atoms with Gasteiger partial charge in [-0.3, -0.25) is 14.4 Å². The van der Waals surface area contributed by atoms with Crippen molar-refractivity contribution in [1.82, 2.24) is 4.57 Å². The first-order valence-corrected chi connectivity index (χ1v) is 10.7. The van der Waals surface area contributed by atoms with Crippen molar-refractivity contribution < 1.29 is 23.1 Å². The summed E-state index contributed by atoms with van der Waals surface area (Å²) < 4.78 is 41.1. The van der Waals surface area contributed by atoms with Crippen LogP contribution in [0.1, 0.15) is 29.0 Å². The van der Waals surface area contributed by atoms with Crippen molar-refractivity contribution >= 4 is 58.7 Å². The van der Waals surface area contributed by atoms with Crippen LogP contribution in [0.3, 0.4) is 0 Å². The molecule has 2 aromatic carbocycles. The van der Waals surface area contributed by atoms with Gasteiger partial charge in [0.25, 0.3) is 0 Å². The van der Waals surface area contributed by atoms with Crippen molar-refractivity contribution in [2.45, 2.75) is 19.1 Å². The highest BCUT2D eigenvalue weighted by Gasteiger charge is 2.34. The topological polar surface area (TPSA) is 66.6 Å². The van der Waals surface area contributed by atoms with Crippen molar-refractivity contribution in [2.75, 3.05) is 5.32 Å². The van der Waals surface area contributed by atoms with Gasteiger partial charge in [0.15, 0.2) is 3.95 Å². The van der Waals surface area contributed by atoms with Gasteiger partial charge in [-0.15, -0.1) is 11.3 Å². The van der Waals surface area contributed by atoms with Gasteiger partial charge in [0.2, 0.25) is 11.8 Å². The number of aromatic nitrogens is 1. The Labute approximate surface area is 190 Å². The molecule has 0 saturated heterocycles. The largest absolute Gasteiger partial charge is 0.493 e. The number of carbonyl (C=O) groups excluding carboxylic acids is 1. The fourth-order valence-corrected chi connectivity index (χ4v) is 4.74. The maximum atomic E-state index is 13.2. The predicted molar refractivity (Wildman–Crippen MR) is 122 cm³/mol. The number of amides is 1. The van der Waals surface area contributed by atoms with E-state index in [1.807, 2.05) is 24.3 Å². The number of aromatic hydroxyl groups is 1. The molecule has 0 saturated carbocycles. The molecule has 1 aliphatic heterocycles. The number of nitrogens with zero attached hydrogens (tertiary/aromatic N) is 2. The van der Waals surface area contributed by atoms with Crippen LogP contribution in [0.5, 0.6) is 5.88 Å². The molecule has 0 fully saturated rings. The van der Waals surface area contributed by atoms with Gasteiger partial charge in [-0.25, -0.2) is 0 Å². The number of hydrogen-bond acceptors (Lipinski definition) is 5. The molecule has 0 aliphatic carbocycles. The highest BCUT2D eigenvalue weighted by molar-refractivity contribution is 7.73. The lowest BCUT2D eigenvalue weighted by molar-refractivity contribution is -0.137. The molecule has 0 bridgehead atoms. The summed E-state index contributed by atoms with van der Waals surface area (Å²) in [5.74, 6) is -0.977. The Morgan fingerprint density at radius 2 is 1.91 bits per heavy atom. The summed E-state index contributed by atoms with van der Waals surface area (Å²) in [4.78, 5) is 17.5. The number of allylic oxidation sites excluding steroid dienone is 1. The number of para-hydroxylation sites is 2. The Hall–Kier alpha value is -3.24. The number of nitrogens with one attached hydrogen (secondary N) is 1. The number of benzene rings is 2. The smallest absolute Gasteiger partial charge is 0.418 e. The first kappa shape index (κ1) is 22.0. The number of carbonyl (C=O) groups is 1. The lowest BCUT2D eigenvalue weighted by Crippen LogP contribution is -2.25. The normalized spacial score (nSPS) is 15.1. The molecule has 0 spiro atoms. The SMILES string of the molecule is CC(C(=O)Nc1ccccc1C(F)(F)F)n1c(O)c(/C=C2\C=Nc3ccccc32)sc1=S. The van der Waals surface area contributed by atoms with E-state index in [1.165, 1.54) is 29.7 Å². The van der Waals surface area contributed by atoms with Crippen LogP contribution in [0.15, 0.2) is 53.5 Å². The standard InChI is InChI=1S/C22H16F3N3O2S2/c1-12(19(29)27-17-9-5-3-7-15(17)22(23,24)25)28-20(30)18(32-21(28)31)10-13-11-26-16-8-4-2-6-14(13)16/h2-12,30H,1H3,(H,27,29)/b13-10+. The number of fused-ring (bicyclic) bond motifs is 1. The molecule has 3 aromatic rings. The van der Waals surface area contributed by atoms with Gasteiger partial charge < -0.3 is 10.4 Å². The summed E-state index contributed by atoms with van der Waals surface area (Å²) in [6, 6.07) is 11.2. The van der Waals surface area contributed by atoms with Crippen LogP contribution < -0.4 is 5.32 Å². The Morgan fingerprint density at radius 3 is 2.66 bits per heavy atom. The average molecular weight is 476 g/mol. The maximum Gasteiger partial charge on any atom is 0.418 e. The lowest BCUT2D eigenvalue weighted by Gasteiger charge is -2.17. The summed E-state index contributed by atoms with van der Waals surface area (Å²) in [6.07, 6.45) is -1.24. The third-order valence-electron chi connectivity index (χ3n) is 4.94. The highest BCUT2D eigenvalue weighted by atomic mass is 32.1. The molecule has 1 atom stereocenters. The Morgan fingerprint density at radius 1 is 1.22 bits per heavy atom. The van der Waals surface area contributed by atoms with Gasteiger partial charge in [-0.05, 0) is 43.4 Å². The molecule has 4 rings (SSSR count). The van der Waals surface area contributed by atoms with Crippen LogP contribution in [-0.2, 0) is 11.0 Å². The van der Waals surface area contributed by atoms with Crippen molar-refractivity contribution in [1.29, 1.82) is 0 Å². The average Bonchev–Trinajstić information content (AvgIpc) is 3.28. The highest BCUT2D eigenvalue weighted by Crippen LogP contribution is 2.38. The number of hydrogen-bond donors (Lipinski definition) is 2. The summed E-state index contributed by atoms with van der Waals surface area (Å²) in [7, 11) is 0.